The average molecular weight is 269 g/mol. The van der Waals surface area contributed by atoms with Gasteiger partial charge in [0, 0.05) is 24.2 Å². The minimum absolute atomic E-state index is 0.237. The van der Waals surface area contributed by atoms with Crippen LogP contribution in [0, 0.1) is 11.8 Å². The molecule has 1 heterocycles. The number of rotatable bonds is 6. The highest BCUT2D eigenvalue weighted by atomic mass is 14.9. The van der Waals surface area contributed by atoms with E-state index in [1.165, 1.54) is 23.8 Å². The number of pyridine rings is 1. The standard InChI is InChI=1S/C17H23N3/c1-12(13-4-5-13)11-20-17(10-18)15-6-7-16-14(9-15)3-2-8-19-16/h2-3,6-9,12-13,17,20H,4-5,10-11,18H2,1H3. The molecule has 0 radical (unpaired) electrons. The van der Waals surface area contributed by atoms with E-state index in [9.17, 15) is 0 Å². The second-order valence-corrected chi connectivity index (χ2v) is 5.97. The van der Waals surface area contributed by atoms with Crippen molar-refractivity contribution in [2.24, 2.45) is 17.6 Å². The smallest absolute Gasteiger partial charge is 0.0702 e. The maximum atomic E-state index is 5.95. The largest absolute Gasteiger partial charge is 0.329 e. The Morgan fingerprint density at radius 3 is 2.95 bits per heavy atom. The van der Waals surface area contributed by atoms with Crippen molar-refractivity contribution >= 4 is 10.9 Å². The number of nitrogens with zero attached hydrogens (tertiary/aromatic N) is 1. The Morgan fingerprint density at radius 2 is 2.20 bits per heavy atom. The zero-order chi connectivity index (χ0) is 13.9. The average Bonchev–Trinajstić information content (AvgIpc) is 3.32. The van der Waals surface area contributed by atoms with Gasteiger partial charge in [0.15, 0.2) is 0 Å². The molecule has 3 heteroatoms. The maximum absolute atomic E-state index is 5.95. The quantitative estimate of drug-likeness (QED) is 0.848. The lowest BCUT2D eigenvalue weighted by Gasteiger charge is -2.20. The van der Waals surface area contributed by atoms with Crippen molar-refractivity contribution in [1.29, 1.82) is 0 Å². The van der Waals surface area contributed by atoms with Gasteiger partial charge in [-0.25, -0.2) is 0 Å². The molecular weight excluding hydrogens is 246 g/mol. The molecule has 1 fully saturated rings. The number of benzene rings is 1. The molecule has 3 nitrogen and oxygen atoms in total. The van der Waals surface area contributed by atoms with Gasteiger partial charge in [-0.05, 0) is 55.0 Å². The van der Waals surface area contributed by atoms with E-state index in [0.29, 0.717) is 6.54 Å². The van der Waals surface area contributed by atoms with Gasteiger partial charge in [0.1, 0.15) is 0 Å². The molecule has 1 aliphatic carbocycles. The molecule has 1 aromatic carbocycles. The normalized spacial score (nSPS) is 18.1. The summed E-state index contributed by atoms with van der Waals surface area (Å²) in [6.45, 7) is 4.02. The molecule has 2 aromatic rings. The summed E-state index contributed by atoms with van der Waals surface area (Å²) in [5.74, 6) is 1.69. The number of nitrogens with two attached hydrogens (primary N) is 1. The number of hydrogen-bond acceptors (Lipinski definition) is 3. The highest BCUT2D eigenvalue weighted by Gasteiger charge is 2.27. The molecule has 106 valence electrons. The highest BCUT2D eigenvalue weighted by Crippen LogP contribution is 2.36. The molecule has 0 bridgehead atoms. The van der Waals surface area contributed by atoms with E-state index in [1.807, 2.05) is 12.3 Å². The van der Waals surface area contributed by atoms with Crippen LogP contribution in [-0.4, -0.2) is 18.1 Å². The first-order valence-corrected chi connectivity index (χ1v) is 7.56. The maximum Gasteiger partial charge on any atom is 0.0702 e. The van der Waals surface area contributed by atoms with E-state index in [2.05, 4.69) is 41.5 Å². The fourth-order valence-electron chi connectivity index (χ4n) is 2.81. The van der Waals surface area contributed by atoms with Gasteiger partial charge in [-0.15, -0.1) is 0 Å². The van der Waals surface area contributed by atoms with E-state index in [-0.39, 0.29) is 6.04 Å². The van der Waals surface area contributed by atoms with Crippen LogP contribution in [0.25, 0.3) is 10.9 Å². The van der Waals surface area contributed by atoms with Crippen molar-refractivity contribution in [1.82, 2.24) is 10.3 Å². The van der Waals surface area contributed by atoms with Crippen LogP contribution in [0.5, 0.6) is 0 Å². The molecule has 20 heavy (non-hydrogen) atoms. The zero-order valence-corrected chi connectivity index (χ0v) is 12.0. The Hall–Kier alpha value is -1.45. The first-order chi connectivity index (χ1) is 9.78. The summed E-state index contributed by atoms with van der Waals surface area (Å²) in [5.41, 5.74) is 8.25. The van der Waals surface area contributed by atoms with Crippen molar-refractivity contribution < 1.29 is 0 Å². The molecule has 2 unspecified atom stereocenters. The molecule has 0 spiro atoms. The van der Waals surface area contributed by atoms with Gasteiger partial charge in [0.25, 0.3) is 0 Å². The van der Waals surface area contributed by atoms with E-state index in [1.54, 1.807) is 0 Å². The van der Waals surface area contributed by atoms with Gasteiger partial charge in [0.05, 0.1) is 5.52 Å². The van der Waals surface area contributed by atoms with Crippen molar-refractivity contribution in [3.8, 4) is 0 Å². The Morgan fingerprint density at radius 1 is 1.35 bits per heavy atom. The molecule has 3 rings (SSSR count). The summed E-state index contributed by atoms with van der Waals surface area (Å²) in [5, 5.41) is 4.81. The van der Waals surface area contributed by atoms with E-state index in [0.717, 1.165) is 23.9 Å². The van der Waals surface area contributed by atoms with Crippen molar-refractivity contribution in [2.75, 3.05) is 13.1 Å². The number of nitrogens with one attached hydrogen (secondary N) is 1. The molecule has 1 aliphatic rings. The third-order valence-electron chi connectivity index (χ3n) is 4.38. The Labute approximate surface area is 120 Å². The third-order valence-corrected chi connectivity index (χ3v) is 4.38. The van der Waals surface area contributed by atoms with Crippen molar-refractivity contribution in [3.63, 3.8) is 0 Å². The SMILES string of the molecule is CC(CNC(CN)c1ccc2ncccc2c1)C1CC1. The van der Waals surface area contributed by atoms with Crippen LogP contribution < -0.4 is 11.1 Å². The van der Waals surface area contributed by atoms with Crippen LogP contribution in [0.1, 0.15) is 31.4 Å². The van der Waals surface area contributed by atoms with E-state index >= 15 is 0 Å². The second-order valence-electron chi connectivity index (χ2n) is 5.97. The predicted octanol–water partition coefficient (Wildman–Crippen LogP) is 2.87. The summed E-state index contributed by atoms with van der Waals surface area (Å²) >= 11 is 0. The number of hydrogen-bond donors (Lipinski definition) is 2. The third kappa shape index (κ3) is 3.00. The van der Waals surface area contributed by atoms with Crippen LogP contribution in [0.15, 0.2) is 36.5 Å². The predicted molar refractivity (Wildman–Crippen MR) is 83.4 cm³/mol. The van der Waals surface area contributed by atoms with Crippen LogP contribution in [0.4, 0.5) is 0 Å². The summed E-state index contributed by atoms with van der Waals surface area (Å²) in [6.07, 6.45) is 4.63. The summed E-state index contributed by atoms with van der Waals surface area (Å²) in [7, 11) is 0. The Kier molecular flexibility index (Phi) is 3.99. The first-order valence-electron chi connectivity index (χ1n) is 7.56. The fraction of sp³-hybridized carbons (Fsp3) is 0.471. The second kappa shape index (κ2) is 5.90. The number of aromatic nitrogens is 1. The lowest BCUT2D eigenvalue weighted by molar-refractivity contribution is 0.423. The van der Waals surface area contributed by atoms with Gasteiger partial charge in [-0.2, -0.15) is 0 Å². The van der Waals surface area contributed by atoms with Gasteiger partial charge in [0.2, 0.25) is 0 Å². The van der Waals surface area contributed by atoms with Gasteiger partial charge >= 0.3 is 0 Å². The molecular formula is C17H23N3. The molecule has 2 atom stereocenters. The van der Waals surface area contributed by atoms with Crippen LogP contribution in [-0.2, 0) is 0 Å². The van der Waals surface area contributed by atoms with Crippen LogP contribution in [0.3, 0.4) is 0 Å². The lowest BCUT2D eigenvalue weighted by Crippen LogP contribution is -2.32. The molecule has 0 amide bonds. The van der Waals surface area contributed by atoms with Crippen LogP contribution >= 0.6 is 0 Å². The lowest BCUT2D eigenvalue weighted by atomic mass is 10.0. The van der Waals surface area contributed by atoms with E-state index < -0.39 is 0 Å². The minimum atomic E-state index is 0.237. The van der Waals surface area contributed by atoms with E-state index in [4.69, 9.17) is 5.73 Å². The monoisotopic (exact) mass is 269 g/mol. The molecule has 0 saturated heterocycles. The zero-order valence-electron chi connectivity index (χ0n) is 12.0. The van der Waals surface area contributed by atoms with Gasteiger partial charge < -0.3 is 11.1 Å². The first kappa shape index (κ1) is 13.5. The van der Waals surface area contributed by atoms with Crippen LogP contribution in [0.2, 0.25) is 0 Å². The molecule has 3 N–H and O–H groups in total. The summed E-state index contributed by atoms with van der Waals surface area (Å²) in [4.78, 5) is 4.36. The molecule has 1 saturated carbocycles. The number of fused-ring (bicyclic) bond motifs is 1. The van der Waals surface area contributed by atoms with Gasteiger partial charge in [-0.1, -0.05) is 19.1 Å². The topological polar surface area (TPSA) is 50.9 Å². The summed E-state index contributed by atoms with van der Waals surface area (Å²) < 4.78 is 0. The molecule has 1 aromatic heterocycles. The van der Waals surface area contributed by atoms with Gasteiger partial charge in [-0.3, -0.25) is 4.98 Å². The highest BCUT2D eigenvalue weighted by molar-refractivity contribution is 5.79. The Bertz CT molecular complexity index is 577. The Balaban J connectivity index is 1.72. The minimum Gasteiger partial charge on any atom is -0.329 e. The fourth-order valence-corrected chi connectivity index (χ4v) is 2.81. The summed E-state index contributed by atoms with van der Waals surface area (Å²) in [6, 6.07) is 10.7. The van der Waals surface area contributed by atoms with Crippen molar-refractivity contribution in [2.45, 2.75) is 25.8 Å². The van der Waals surface area contributed by atoms with Crippen molar-refractivity contribution in [3.05, 3.63) is 42.1 Å². The molecule has 0 aliphatic heterocycles.